The van der Waals surface area contributed by atoms with Crippen LogP contribution in [-0.2, 0) is 14.4 Å². The van der Waals surface area contributed by atoms with Crippen molar-refractivity contribution in [1.29, 1.82) is 0 Å². The molecule has 7 heteroatoms. The van der Waals surface area contributed by atoms with Gasteiger partial charge in [0.1, 0.15) is 6.04 Å². The third-order valence-corrected chi connectivity index (χ3v) is 4.14. The minimum absolute atomic E-state index is 0.184. The van der Waals surface area contributed by atoms with Crippen molar-refractivity contribution in [3.63, 3.8) is 0 Å². The lowest BCUT2D eigenvalue weighted by Gasteiger charge is -2.24. The quantitative estimate of drug-likeness (QED) is 0.333. The first kappa shape index (κ1) is 23.4. The lowest BCUT2D eigenvalue weighted by atomic mass is 9.93. The van der Waals surface area contributed by atoms with E-state index in [4.69, 9.17) is 10.2 Å². The summed E-state index contributed by atoms with van der Waals surface area (Å²) in [7, 11) is 0. The van der Waals surface area contributed by atoms with Gasteiger partial charge in [-0.15, -0.1) is 0 Å². The van der Waals surface area contributed by atoms with E-state index in [0.29, 0.717) is 6.42 Å². The molecule has 0 aliphatic heterocycles. The zero-order valence-electron chi connectivity index (χ0n) is 15.4. The molecule has 4 N–H and O–H groups in total. The molecule has 0 aromatic carbocycles. The molecule has 7 nitrogen and oxygen atoms in total. The number of carboxylic acids is 2. The lowest BCUT2D eigenvalue weighted by Crippen LogP contribution is -2.44. The Bertz CT molecular complexity index is 422. The summed E-state index contributed by atoms with van der Waals surface area (Å²) in [6, 6.07) is -1.25. The molecule has 0 heterocycles. The Hall–Kier alpha value is -1.63. The molecule has 0 saturated heterocycles. The first-order chi connectivity index (χ1) is 11.7. The Kier molecular flexibility index (Phi) is 11.9. The summed E-state index contributed by atoms with van der Waals surface area (Å²) in [6.07, 6.45) is 7.52. The van der Waals surface area contributed by atoms with Crippen molar-refractivity contribution in [3.05, 3.63) is 0 Å². The van der Waals surface area contributed by atoms with Gasteiger partial charge in [-0.2, -0.15) is 0 Å². The lowest BCUT2D eigenvalue weighted by molar-refractivity contribution is -0.143. The maximum absolute atomic E-state index is 11.9. The number of hydrogen-bond acceptors (Lipinski definition) is 4. The van der Waals surface area contributed by atoms with Gasteiger partial charge >= 0.3 is 11.9 Å². The molecular weight excluding hydrogens is 326 g/mol. The van der Waals surface area contributed by atoms with Gasteiger partial charge in [-0.25, -0.2) is 4.79 Å². The van der Waals surface area contributed by atoms with Crippen LogP contribution in [0.15, 0.2) is 0 Å². The average molecular weight is 359 g/mol. The molecule has 146 valence electrons. The second-order valence-electron chi connectivity index (χ2n) is 6.94. The van der Waals surface area contributed by atoms with E-state index >= 15 is 0 Å². The summed E-state index contributed by atoms with van der Waals surface area (Å²) >= 11 is 0. The molecule has 0 aliphatic rings. The molecule has 0 rings (SSSR count). The van der Waals surface area contributed by atoms with Gasteiger partial charge < -0.3 is 20.6 Å². The third-order valence-electron chi connectivity index (χ3n) is 4.14. The summed E-state index contributed by atoms with van der Waals surface area (Å²) in [5.74, 6) is -2.97. The van der Waals surface area contributed by atoms with E-state index in [1.807, 2.05) is 0 Å². The summed E-state index contributed by atoms with van der Waals surface area (Å²) in [5.41, 5.74) is -1.19. The molecule has 2 unspecified atom stereocenters. The summed E-state index contributed by atoms with van der Waals surface area (Å²) in [4.78, 5) is 33.5. The number of nitrogens with one attached hydrogen (secondary N) is 1. The van der Waals surface area contributed by atoms with Crippen LogP contribution in [0.2, 0.25) is 0 Å². The van der Waals surface area contributed by atoms with E-state index in [0.717, 1.165) is 19.3 Å². The number of amides is 1. The second-order valence-corrected chi connectivity index (χ2v) is 6.94. The second kappa shape index (κ2) is 12.7. The maximum Gasteiger partial charge on any atom is 0.326 e. The molecular formula is C18H33NO6. The Morgan fingerprint density at radius 2 is 1.56 bits per heavy atom. The summed E-state index contributed by atoms with van der Waals surface area (Å²) in [5, 5.41) is 30.2. The van der Waals surface area contributed by atoms with Crippen molar-refractivity contribution in [2.24, 2.45) is 0 Å². The monoisotopic (exact) mass is 359 g/mol. The van der Waals surface area contributed by atoms with Gasteiger partial charge in [0.15, 0.2) is 0 Å². The van der Waals surface area contributed by atoms with E-state index in [-0.39, 0.29) is 19.3 Å². The Labute approximate surface area is 149 Å². The fraction of sp³-hybridized carbons (Fsp3) is 0.833. The Morgan fingerprint density at radius 3 is 2.08 bits per heavy atom. The number of aliphatic hydroxyl groups is 1. The van der Waals surface area contributed by atoms with Crippen molar-refractivity contribution in [2.45, 2.75) is 96.1 Å². The summed E-state index contributed by atoms with van der Waals surface area (Å²) < 4.78 is 0. The van der Waals surface area contributed by atoms with Crippen LogP contribution in [0.3, 0.4) is 0 Å². The minimum atomic E-state index is -1.28. The van der Waals surface area contributed by atoms with Gasteiger partial charge in [-0.1, -0.05) is 51.9 Å². The number of hydrogen-bond donors (Lipinski definition) is 4. The first-order valence-corrected chi connectivity index (χ1v) is 9.14. The van der Waals surface area contributed by atoms with Crippen LogP contribution in [0.25, 0.3) is 0 Å². The third kappa shape index (κ3) is 13.3. The van der Waals surface area contributed by atoms with Crippen LogP contribution in [0.1, 0.15) is 84.5 Å². The van der Waals surface area contributed by atoms with Crippen molar-refractivity contribution in [2.75, 3.05) is 0 Å². The smallest absolute Gasteiger partial charge is 0.326 e. The normalized spacial score (nSPS) is 14.5. The zero-order chi connectivity index (χ0) is 19.3. The Balaban J connectivity index is 4.13. The highest BCUT2D eigenvalue weighted by atomic mass is 16.4. The van der Waals surface area contributed by atoms with E-state index in [1.165, 1.54) is 25.7 Å². The SMILES string of the molecule is CCCCCCCCCC(C)(O)CC(=O)NC(CCC(=O)O)C(=O)O. The van der Waals surface area contributed by atoms with E-state index in [2.05, 4.69) is 12.2 Å². The van der Waals surface area contributed by atoms with Crippen LogP contribution < -0.4 is 5.32 Å². The number of carbonyl (C=O) groups excluding carboxylic acids is 1. The summed E-state index contributed by atoms with van der Waals surface area (Å²) in [6.45, 7) is 3.73. The molecule has 2 atom stereocenters. The van der Waals surface area contributed by atoms with Gasteiger partial charge in [0.25, 0.3) is 0 Å². The number of unbranched alkanes of at least 4 members (excludes halogenated alkanes) is 6. The van der Waals surface area contributed by atoms with Gasteiger partial charge in [0.05, 0.1) is 12.0 Å². The van der Waals surface area contributed by atoms with Crippen molar-refractivity contribution >= 4 is 17.8 Å². The number of carboxylic acid groups (broad SMARTS) is 2. The fourth-order valence-corrected chi connectivity index (χ4v) is 2.67. The molecule has 0 aromatic heterocycles. The van der Waals surface area contributed by atoms with E-state index in [9.17, 15) is 19.5 Å². The standard InChI is InChI=1S/C18H33NO6/c1-3-4-5-6-7-8-9-12-18(2,25)13-15(20)19-14(17(23)24)10-11-16(21)22/h14,25H,3-13H2,1-2H3,(H,19,20)(H,21,22)(H,23,24). The predicted octanol–water partition coefficient (Wildman–Crippen LogP) is 2.70. The molecule has 0 aliphatic carbocycles. The van der Waals surface area contributed by atoms with Gasteiger partial charge in [0, 0.05) is 6.42 Å². The van der Waals surface area contributed by atoms with Crippen molar-refractivity contribution < 1.29 is 29.7 Å². The minimum Gasteiger partial charge on any atom is -0.481 e. The topological polar surface area (TPSA) is 124 Å². The fourth-order valence-electron chi connectivity index (χ4n) is 2.67. The molecule has 0 radical (unpaired) electrons. The van der Waals surface area contributed by atoms with Crippen LogP contribution in [0.5, 0.6) is 0 Å². The Morgan fingerprint density at radius 1 is 1.00 bits per heavy atom. The number of rotatable bonds is 15. The van der Waals surface area contributed by atoms with Crippen molar-refractivity contribution in [3.8, 4) is 0 Å². The average Bonchev–Trinajstić information content (AvgIpc) is 2.49. The van der Waals surface area contributed by atoms with Crippen LogP contribution in [-0.4, -0.2) is 44.8 Å². The van der Waals surface area contributed by atoms with Crippen LogP contribution in [0.4, 0.5) is 0 Å². The maximum atomic E-state index is 11.9. The molecule has 0 spiro atoms. The van der Waals surface area contributed by atoms with E-state index in [1.54, 1.807) is 6.92 Å². The molecule has 1 amide bonds. The highest BCUT2D eigenvalue weighted by molar-refractivity contribution is 5.84. The number of carbonyl (C=O) groups is 3. The predicted molar refractivity (Wildman–Crippen MR) is 94.3 cm³/mol. The molecule has 0 fully saturated rings. The van der Waals surface area contributed by atoms with Gasteiger partial charge in [-0.05, 0) is 19.8 Å². The molecule has 25 heavy (non-hydrogen) atoms. The van der Waals surface area contributed by atoms with Crippen molar-refractivity contribution in [1.82, 2.24) is 5.32 Å². The van der Waals surface area contributed by atoms with Crippen LogP contribution >= 0.6 is 0 Å². The largest absolute Gasteiger partial charge is 0.481 e. The van der Waals surface area contributed by atoms with Crippen LogP contribution in [0, 0.1) is 0 Å². The molecule has 0 aromatic rings. The highest BCUT2D eigenvalue weighted by Crippen LogP contribution is 2.19. The van der Waals surface area contributed by atoms with Gasteiger partial charge in [-0.3, -0.25) is 9.59 Å². The number of aliphatic carboxylic acids is 2. The molecule has 0 saturated carbocycles. The first-order valence-electron chi connectivity index (χ1n) is 9.14. The molecule has 0 bridgehead atoms. The zero-order valence-corrected chi connectivity index (χ0v) is 15.4. The van der Waals surface area contributed by atoms with E-state index < -0.39 is 29.5 Å². The highest BCUT2D eigenvalue weighted by Gasteiger charge is 2.27. The van der Waals surface area contributed by atoms with Gasteiger partial charge in [0.2, 0.25) is 5.91 Å².